The lowest BCUT2D eigenvalue weighted by Crippen LogP contribution is -1.98. The van der Waals surface area contributed by atoms with Crippen molar-refractivity contribution in [2.75, 3.05) is 0 Å². The maximum absolute atomic E-state index is 13.4. The number of hydrogen-bond donors (Lipinski definition) is 1. The van der Waals surface area contributed by atoms with Crippen molar-refractivity contribution in [2.24, 2.45) is 0 Å². The highest BCUT2D eigenvalue weighted by Gasteiger charge is 2.11. The molecule has 5 heteroatoms. The largest absolute Gasteiger partial charge is 0.453 e. The summed E-state index contributed by atoms with van der Waals surface area (Å²) >= 11 is 0. The number of benzene rings is 1. The predicted molar refractivity (Wildman–Crippen MR) is 65.9 cm³/mol. The zero-order chi connectivity index (χ0) is 13.8. The summed E-state index contributed by atoms with van der Waals surface area (Å²) in [5.74, 6) is -1.94. The Morgan fingerprint density at radius 2 is 2.05 bits per heavy atom. The molecule has 100 valence electrons. The Hall–Kier alpha value is -2.01. The van der Waals surface area contributed by atoms with E-state index in [9.17, 15) is 13.9 Å². The van der Waals surface area contributed by atoms with Gasteiger partial charge in [-0.3, -0.25) is 4.98 Å². The van der Waals surface area contributed by atoms with Crippen LogP contribution in [0.5, 0.6) is 11.5 Å². The third-order valence-corrected chi connectivity index (χ3v) is 2.63. The summed E-state index contributed by atoms with van der Waals surface area (Å²) < 4.78 is 31.6. The first-order valence-corrected chi connectivity index (χ1v) is 5.87. The molecule has 0 bridgehead atoms. The van der Waals surface area contributed by atoms with Crippen molar-refractivity contribution in [2.45, 2.75) is 19.4 Å². The maximum Gasteiger partial charge on any atom is 0.201 e. The fraction of sp³-hybridized carbons (Fsp3) is 0.214. The van der Waals surface area contributed by atoms with Crippen LogP contribution in [0.15, 0.2) is 36.5 Å². The van der Waals surface area contributed by atoms with Crippen molar-refractivity contribution in [1.82, 2.24) is 4.98 Å². The number of halogens is 2. The Labute approximate surface area is 109 Å². The van der Waals surface area contributed by atoms with Crippen molar-refractivity contribution in [3.63, 3.8) is 0 Å². The molecule has 0 radical (unpaired) electrons. The van der Waals surface area contributed by atoms with Crippen LogP contribution in [0.3, 0.4) is 0 Å². The zero-order valence-electron chi connectivity index (χ0n) is 10.3. The van der Waals surface area contributed by atoms with E-state index < -0.39 is 17.7 Å². The molecule has 1 heterocycles. The fourth-order valence-corrected chi connectivity index (χ4v) is 1.55. The van der Waals surface area contributed by atoms with Gasteiger partial charge >= 0.3 is 0 Å². The Balaban J connectivity index is 2.18. The van der Waals surface area contributed by atoms with E-state index in [1.165, 1.54) is 18.3 Å². The van der Waals surface area contributed by atoms with Gasteiger partial charge in [0.05, 0.1) is 18.0 Å². The van der Waals surface area contributed by atoms with Gasteiger partial charge in [0.15, 0.2) is 11.6 Å². The minimum Gasteiger partial charge on any atom is -0.453 e. The number of pyridine rings is 1. The molecule has 0 aliphatic heterocycles. The number of rotatable bonds is 4. The maximum atomic E-state index is 13.4. The van der Waals surface area contributed by atoms with E-state index in [1.54, 1.807) is 12.1 Å². The number of nitrogens with zero attached hydrogens (tertiary/aromatic N) is 1. The molecular weight excluding hydrogens is 252 g/mol. The number of aliphatic hydroxyl groups excluding tert-OH is 1. The Morgan fingerprint density at radius 3 is 2.68 bits per heavy atom. The first-order chi connectivity index (χ1) is 9.11. The zero-order valence-corrected chi connectivity index (χ0v) is 10.3. The highest BCUT2D eigenvalue weighted by Crippen LogP contribution is 2.26. The highest BCUT2D eigenvalue weighted by molar-refractivity contribution is 5.31. The molecule has 1 aromatic heterocycles. The lowest BCUT2D eigenvalue weighted by molar-refractivity contribution is 0.169. The summed E-state index contributed by atoms with van der Waals surface area (Å²) in [5, 5.41) is 9.58. The van der Waals surface area contributed by atoms with Crippen LogP contribution in [0.25, 0.3) is 0 Å². The molecule has 2 aromatic rings. The van der Waals surface area contributed by atoms with Gasteiger partial charge in [-0.25, -0.2) is 4.39 Å². The minimum atomic E-state index is -1.04. The summed E-state index contributed by atoms with van der Waals surface area (Å²) in [4.78, 5) is 4.01. The molecule has 0 fully saturated rings. The second kappa shape index (κ2) is 5.75. The van der Waals surface area contributed by atoms with E-state index in [4.69, 9.17) is 4.74 Å². The second-order valence-electron chi connectivity index (χ2n) is 4.00. The standard InChI is InChI=1S/C14H13F2NO2/c1-2-12(18)11-7-6-9(8-17-11)19-13-5-3-4-10(15)14(13)16/h3-8,12,18H,2H2,1H3/t12-/m0/s1. The highest BCUT2D eigenvalue weighted by atomic mass is 19.2. The van der Waals surface area contributed by atoms with Gasteiger partial charge in [-0.15, -0.1) is 0 Å². The topological polar surface area (TPSA) is 42.4 Å². The molecule has 0 saturated heterocycles. The Bertz CT molecular complexity index is 558. The van der Waals surface area contributed by atoms with Gasteiger partial charge in [0.25, 0.3) is 0 Å². The van der Waals surface area contributed by atoms with Gasteiger partial charge in [-0.05, 0) is 30.7 Å². The summed E-state index contributed by atoms with van der Waals surface area (Å²) in [6.07, 6.45) is 1.27. The van der Waals surface area contributed by atoms with Gasteiger partial charge in [-0.1, -0.05) is 13.0 Å². The van der Waals surface area contributed by atoms with Gasteiger partial charge < -0.3 is 9.84 Å². The van der Waals surface area contributed by atoms with Crippen LogP contribution in [0.1, 0.15) is 25.1 Å². The van der Waals surface area contributed by atoms with Gasteiger partial charge in [0, 0.05) is 0 Å². The third kappa shape index (κ3) is 3.06. The van der Waals surface area contributed by atoms with Crippen LogP contribution in [-0.2, 0) is 0 Å². The molecule has 0 unspecified atom stereocenters. The van der Waals surface area contributed by atoms with Crippen LogP contribution < -0.4 is 4.74 Å². The molecule has 1 N–H and O–H groups in total. The van der Waals surface area contributed by atoms with Crippen LogP contribution in [-0.4, -0.2) is 10.1 Å². The van der Waals surface area contributed by atoms with E-state index >= 15 is 0 Å². The molecule has 0 amide bonds. The number of aromatic nitrogens is 1. The Morgan fingerprint density at radius 1 is 1.26 bits per heavy atom. The summed E-state index contributed by atoms with van der Waals surface area (Å²) in [6.45, 7) is 1.83. The van der Waals surface area contributed by atoms with Crippen molar-refractivity contribution < 1.29 is 18.6 Å². The predicted octanol–water partition coefficient (Wildman–Crippen LogP) is 3.60. The first-order valence-electron chi connectivity index (χ1n) is 5.87. The molecule has 1 aromatic carbocycles. The van der Waals surface area contributed by atoms with E-state index in [0.717, 1.165) is 6.07 Å². The molecule has 0 aliphatic carbocycles. The molecule has 0 saturated carbocycles. The van der Waals surface area contributed by atoms with Crippen molar-refractivity contribution in [3.05, 3.63) is 53.9 Å². The molecule has 3 nitrogen and oxygen atoms in total. The quantitative estimate of drug-likeness (QED) is 0.918. The molecule has 1 atom stereocenters. The fourth-order valence-electron chi connectivity index (χ4n) is 1.55. The van der Waals surface area contributed by atoms with Gasteiger partial charge in [0.2, 0.25) is 5.82 Å². The molecule has 2 rings (SSSR count). The van der Waals surface area contributed by atoms with E-state index in [0.29, 0.717) is 12.1 Å². The number of ether oxygens (including phenoxy) is 1. The van der Waals surface area contributed by atoms with Crippen molar-refractivity contribution in [1.29, 1.82) is 0 Å². The number of hydrogen-bond acceptors (Lipinski definition) is 3. The average molecular weight is 265 g/mol. The smallest absolute Gasteiger partial charge is 0.201 e. The lowest BCUT2D eigenvalue weighted by atomic mass is 10.2. The molecular formula is C14H13F2NO2. The summed E-state index contributed by atoms with van der Waals surface area (Å²) in [5.41, 5.74) is 0.509. The Kier molecular flexibility index (Phi) is 4.06. The normalized spacial score (nSPS) is 12.2. The van der Waals surface area contributed by atoms with Crippen LogP contribution in [0, 0.1) is 11.6 Å². The molecule has 19 heavy (non-hydrogen) atoms. The van der Waals surface area contributed by atoms with Gasteiger partial charge in [0.1, 0.15) is 5.75 Å². The third-order valence-electron chi connectivity index (χ3n) is 2.63. The average Bonchev–Trinajstić information content (AvgIpc) is 2.44. The monoisotopic (exact) mass is 265 g/mol. The SMILES string of the molecule is CC[C@H](O)c1ccc(Oc2cccc(F)c2F)cn1. The lowest BCUT2D eigenvalue weighted by Gasteiger charge is -2.09. The van der Waals surface area contributed by atoms with E-state index in [-0.39, 0.29) is 11.5 Å². The minimum absolute atomic E-state index is 0.203. The summed E-state index contributed by atoms with van der Waals surface area (Å²) in [7, 11) is 0. The van der Waals surface area contributed by atoms with Crippen LogP contribution >= 0.6 is 0 Å². The van der Waals surface area contributed by atoms with Crippen LogP contribution in [0.2, 0.25) is 0 Å². The first kappa shape index (κ1) is 13.4. The summed E-state index contributed by atoms with van der Waals surface area (Å²) in [6, 6.07) is 6.83. The van der Waals surface area contributed by atoms with Gasteiger partial charge in [-0.2, -0.15) is 4.39 Å². The van der Waals surface area contributed by atoms with Crippen LogP contribution in [0.4, 0.5) is 8.78 Å². The van der Waals surface area contributed by atoms with E-state index in [1.807, 2.05) is 6.92 Å². The second-order valence-corrected chi connectivity index (χ2v) is 4.00. The molecule has 0 aliphatic rings. The van der Waals surface area contributed by atoms with Crippen molar-refractivity contribution >= 4 is 0 Å². The van der Waals surface area contributed by atoms with Crippen molar-refractivity contribution in [3.8, 4) is 11.5 Å². The molecule has 0 spiro atoms. The number of aliphatic hydroxyl groups is 1. The van der Waals surface area contributed by atoms with E-state index in [2.05, 4.69) is 4.98 Å².